The van der Waals surface area contributed by atoms with Gasteiger partial charge in [-0.2, -0.15) is 0 Å². The Morgan fingerprint density at radius 1 is 1.06 bits per heavy atom. The molecule has 0 saturated carbocycles. The highest BCUT2D eigenvalue weighted by molar-refractivity contribution is 6.07. The summed E-state index contributed by atoms with van der Waals surface area (Å²) in [5.74, 6) is 0.503. The summed E-state index contributed by atoms with van der Waals surface area (Å²) in [6, 6.07) is 17.9. The molecule has 7 heteroatoms. The number of likely N-dealkylation sites (tertiary alicyclic amines) is 2. The van der Waals surface area contributed by atoms with Crippen LogP contribution >= 0.6 is 0 Å². The van der Waals surface area contributed by atoms with Crippen LogP contribution in [0, 0.1) is 5.92 Å². The molecule has 0 radical (unpaired) electrons. The molecule has 5 rings (SSSR count). The molecule has 2 fully saturated rings. The van der Waals surface area contributed by atoms with Gasteiger partial charge in [-0.15, -0.1) is 0 Å². The van der Waals surface area contributed by atoms with Crippen LogP contribution in [0.15, 0.2) is 59.8 Å². The van der Waals surface area contributed by atoms with E-state index in [4.69, 9.17) is 4.84 Å². The van der Waals surface area contributed by atoms with Gasteiger partial charge < -0.3 is 19.7 Å². The summed E-state index contributed by atoms with van der Waals surface area (Å²) in [6.45, 7) is 3.87. The van der Waals surface area contributed by atoms with Crippen LogP contribution in [-0.2, 0) is 16.1 Å². The third-order valence-corrected chi connectivity index (χ3v) is 7.87. The van der Waals surface area contributed by atoms with Gasteiger partial charge in [0.15, 0.2) is 0 Å². The van der Waals surface area contributed by atoms with E-state index in [1.165, 1.54) is 5.56 Å². The quantitative estimate of drug-likeness (QED) is 0.672. The Hall–Kier alpha value is -3.19. The van der Waals surface area contributed by atoms with Crippen LogP contribution in [0.1, 0.15) is 60.5 Å². The number of hydrogen-bond acceptors (Lipinski definition) is 5. The zero-order valence-electron chi connectivity index (χ0n) is 20.9. The van der Waals surface area contributed by atoms with Gasteiger partial charge in [-0.3, -0.25) is 9.59 Å². The molecule has 190 valence electrons. The van der Waals surface area contributed by atoms with E-state index in [1.54, 1.807) is 11.8 Å². The van der Waals surface area contributed by atoms with Crippen molar-refractivity contribution in [3.8, 4) is 0 Å². The Bertz CT molecular complexity index is 1130. The highest BCUT2D eigenvalue weighted by atomic mass is 16.7. The highest BCUT2D eigenvalue weighted by Crippen LogP contribution is 2.32. The summed E-state index contributed by atoms with van der Waals surface area (Å²) >= 11 is 0. The first-order chi connectivity index (χ1) is 17.5. The summed E-state index contributed by atoms with van der Waals surface area (Å²) < 4.78 is 0. The number of piperidine rings is 1. The Morgan fingerprint density at radius 3 is 2.58 bits per heavy atom. The maximum atomic E-state index is 13.3. The maximum absolute atomic E-state index is 13.3. The van der Waals surface area contributed by atoms with Gasteiger partial charge in [-0.1, -0.05) is 47.6 Å². The Labute approximate surface area is 212 Å². The van der Waals surface area contributed by atoms with E-state index in [9.17, 15) is 14.7 Å². The molecule has 0 spiro atoms. The third kappa shape index (κ3) is 5.03. The van der Waals surface area contributed by atoms with Crippen molar-refractivity contribution in [1.29, 1.82) is 0 Å². The standard InChI is InChI=1S/C29H35N3O4/c1-29(28(35)32-14-6-11-25(32)20-33)19-26(30-36-29)23-9-5-10-24(18-23)27(34)31-15-12-22(13-16-31)17-21-7-3-2-4-8-21/h2-5,7-10,18,22,25,33H,6,11-17,19-20H2,1H3. The topological polar surface area (TPSA) is 82.4 Å². The number of oxime groups is 1. The zero-order valence-corrected chi connectivity index (χ0v) is 20.9. The van der Waals surface area contributed by atoms with Crippen LogP contribution in [0.25, 0.3) is 0 Å². The van der Waals surface area contributed by atoms with Crippen LogP contribution in [0.2, 0.25) is 0 Å². The summed E-state index contributed by atoms with van der Waals surface area (Å²) in [4.78, 5) is 35.8. The second-order valence-electron chi connectivity index (χ2n) is 10.5. The minimum absolute atomic E-state index is 0.0382. The molecular formula is C29H35N3O4. The van der Waals surface area contributed by atoms with E-state index >= 15 is 0 Å². The Kier molecular flexibility index (Phi) is 7.10. The average molecular weight is 490 g/mol. The molecule has 2 aromatic rings. The van der Waals surface area contributed by atoms with E-state index < -0.39 is 5.60 Å². The van der Waals surface area contributed by atoms with Gasteiger partial charge in [0.2, 0.25) is 5.60 Å². The normalized spacial score (nSPS) is 24.5. The third-order valence-electron chi connectivity index (χ3n) is 7.87. The lowest BCUT2D eigenvalue weighted by Gasteiger charge is -2.32. The molecule has 2 amide bonds. The first kappa shape index (κ1) is 24.5. The van der Waals surface area contributed by atoms with Crippen molar-refractivity contribution in [2.45, 2.75) is 57.1 Å². The first-order valence-electron chi connectivity index (χ1n) is 13.1. The predicted octanol–water partition coefficient (Wildman–Crippen LogP) is 3.65. The predicted molar refractivity (Wildman–Crippen MR) is 138 cm³/mol. The molecule has 2 aromatic carbocycles. The van der Waals surface area contributed by atoms with Crippen LogP contribution in [-0.4, -0.2) is 70.3 Å². The van der Waals surface area contributed by atoms with Crippen LogP contribution in [0.3, 0.4) is 0 Å². The van der Waals surface area contributed by atoms with Gasteiger partial charge >= 0.3 is 0 Å². The molecule has 0 bridgehead atoms. The molecule has 2 atom stereocenters. The number of nitrogens with zero attached hydrogens (tertiary/aromatic N) is 3. The first-order valence-corrected chi connectivity index (χ1v) is 13.1. The molecule has 0 aromatic heterocycles. The summed E-state index contributed by atoms with van der Waals surface area (Å²) in [7, 11) is 0. The highest BCUT2D eigenvalue weighted by Gasteiger charge is 2.47. The average Bonchev–Trinajstić information content (AvgIpc) is 3.56. The van der Waals surface area contributed by atoms with Crippen molar-refractivity contribution in [3.05, 3.63) is 71.3 Å². The summed E-state index contributed by atoms with van der Waals surface area (Å²) in [5.41, 5.74) is 2.37. The lowest BCUT2D eigenvalue weighted by Crippen LogP contribution is -2.50. The second kappa shape index (κ2) is 10.4. The minimum atomic E-state index is -1.09. The van der Waals surface area contributed by atoms with Crippen LogP contribution in [0.4, 0.5) is 0 Å². The van der Waals surface area contributed by atoms with Gasteiger partial charge in [-0.05, 0) is 62.6 Å². The van der Waals surface area contributed by atoms with E-state index in [0.29, 0.717) is 30.2 Å². The van der Waals surface area contributed by atoms with Gasteiger partial charge in [-0.25, -0.2) is 0 Å². The fourth-order valence-corrected chi connectivity index (χ4v) is 5.71. The molecular weight excluding hydrogens is 454 g/mol. The molecule has 3 aliphatic heterocycles. The molecule has 0 aliphatic carbocycles. The van der Waals surface area contributed by atoms with Crippen molar-refractivity contribution in [1.82, 2.24) is 9.80 Å². The number of aliphatic hydroxyl groups excluding tert-OH is 1. The molecule has 3 heterocycles. The van der Waals surface area contributed by atoms with Crippen molar-refractivity contribution < 1.29 is 19.5 Å². The number of carbonyl (C=O) groups excluding carboxylic acids is 2. The van der Waals surface area contributed by atoms with Crippen molar-refractivity contribution in [2.24, 2.45) is 11.1 Å². The monoisotopic (exact) mass is 489 g/mol. The SMILES string of the molecule is CC1(C(=O)N2CCCC2CO)CC(c2cccc(C(=O)N3CCC(Cc4ccccc4)CC3)c2)=NO1. The maximum Gasteiger partial charge on any atom is 0.270 e. The molecule has 3 aliphatic rings. The summed E-state index contributed by atoms with van der Waals surface area (Å²) in [5, 5.41) is 13.9. The smallest absolute Gasteiger partial charge is 0.270 e. The molecule has 1 N–H and O–H groups in total. The number of hydrogen-bond donors (Lipinski definition) is 1. The van der Waals surface area contributed by atoms with Crippen molar-refractivity contribution >= 4 is 17.5 Å². The van der Waals surface area contributed by atoms with Gasteiger partial charge in [0, 0.05) is 37.2 Å². The van der Waals surface area contributed by atoms with Crippen LogP contribution in [0.5, 0.6) is 0 Å². The van der Waals surface area contributed by atoms with Gasteiger partial charge in [0.25, 0.3) is 11.8 Å². The number of benzene rings is 2. The molecule has 36 heavy (non-hydrogen) atoms. The largest absolute Gasteiger partial charge is 0.394 e. The van der Waals surface area contributed by atoms with E-state index in [1.807, 2.05) is 35.2 Å². The molecule has 2 saturated heterocycles. The van der Waals surface area contributed by atoms with Gasteiger partial charge in [0.1, 0.15) is 0 Å². The van der Waals surface area contributed by atoms with Crippen LogP contribution < -0.4 is 0 Å². The van der Waals surface area contributed by atoms with Crippen molar-refractivity contribution in [3.63, 3.8) is 0 Å². The van der Waals surface area contributed by atoms with Crippen molar-refractivity contribution in [2.75, 3.05) is 26.2 Å². The van der Waals surface area contributed by atoms with E-state index in [0.717, 1.165) is 50.8 Å². The second-order valence-corrected chi connectivity index (χ2v) is 10.5. The molecule has 2 unspecified atom stereocenters. The summed E-state index contributed by atoms with van der Waals surface area (Å²) in [6.07, 6.45) is 5.10. The lowest BCUT2D eigenvalue weighted by atomic mass is 9.90. The van der Waals surface area contributed by atoms with E-state index in [2.05, 4.69) is 29.4 Å². The number of rotatable bonds is 6. The fraction of sp³-hybridized carbons (Fsp3) is 0.483. The minimum Gasteiger partial charge on any atom is -0.394 e. The zero-order chi connectivity index (χ0) is 25.1. The van der Waals surface area contributed by atoms with Gasteiger partial charge in [0.05, 0.1) is 18.4 Å². The Balaban J connectivity index is 1.20. The Morgan fingerprint density at radius 2 is 1.83 bits per heavy atom. The number of aliphatic hydroxyl groups is 1. The number of carbonyl (C=O) groups is 2. The lowest BCUT2D eigenvalue weighted by molar-refractivity contribution is -0.154. The fourth-order valence-electron chi connectivity index (χ4n) is 5.71. The van der Waals surface area contributed by atoms with E-state index in [-0.39, 0.29) is 24.5 Å². The number of amides is 2. The molecule has 7 nitrogen and oxygen atoms in total.